The molecular weight excluding hydrogens is 395 g/mol. The molecule has 2 N–H and O–H groups in total. The minimum absolute atomic E-state index is 0.00248. The number of aryl methyl sites for hydroxylation is 1. The van der Waals surface area contributed by atoms with Gasteiger partial charge in [0.25, 0.3) is 11.8 Å². The number of hydrogen-bond donors (Lipinski definition) is 2. The van der Waals surface area contributed by atoms with Crippen LogP contribution in [0, 0.1) is 12.7 Å². The molecule has 1 heterocycles. The maximum absolute atomic E-state index is 13.4. The molecule has 27 heavy (non-hydrogen) atoms. The summed E-state index contributed by atoms with van der Waals surface area (Å²) in [5, 5.41) is 9.80. The van der Waals surface area contributed by atoms with Crippen LogP contribution in [0.15, 0.2) is 18.2 Å². The molecule has 0 spiro atoms. The molecule has 2 amide bonds. The lowest BCUT2D eigenvalue weighted by molar-refractivity contribution is -0.141. The second kappa shape index (κ2) is 6.42. The summed E-state index contributed by atoms with van der Waals surface area (Å²) < 4.78 is 22.4. The maximum Gasteiger partial charge on any atom is 0.265 e. The number of ether oxygens (including phenoxy) is 1. The summed E-state index contributed by atoms with van der Waals surface area (Å²) in [6, 6.07) is 4.01. The molecule has 2 bridgehead atoms. The molecule has 1 aromatic carbocycles. The summed E-state index contributed by atoms with van der Waals surface area (Å²) in [5.74, 6) is -0.817. The normalized spacial score (nSPS) is 25.1. The number of rotatable bonds is 6. The van der Waals surface area contributed by atoms with Crippen LogP contribution < -0.4 is 15.4 Å². The summed E-state index contributed by atoms with van der Waals surface area (Å²) >= 11 is 6.68. The number of carbonyl (C=O) groups excluding carboxylic acids is 2. The van der Waals surface area contributed by atoms with Gasteiger partial charge in [0, 0.05) is 17.1 Å². The number of halogens is 2. The molecule has 3 saturated carbocycles. The monoisotopic (exact) mass is 410 g/mol. The Kier molecular flexibility index (Phi) is 4.31. The van der Waals surface area contributed by atoms with Crippen LogP contribution in [-0.2, 0) is 4.79 Å². The Morgan fingerprint density at radius 3 is 2.63 bits per heavy atom. The van der Waals surface area contributed by atoms with Crippen molar-refractivity contribution in [3.63, 3.8) is 0 Å². The summed E-state index contributed by atoms with van der Waals surface area (Å²) in [6.45, 7) is 1.53. The minimum atomic E-state index is -0.599. The fourth-order valence-electron chi connectivity index (χ4n) is 3.84. The SMILES string of the molecule is Cc1nnsc1C(=O)NC12CC(NC(=O)COc3ccc(Cl)c(F)c3)(C1)C2. The number of amides is 2. The van der Waals surface area contributed by atoms with E-state index in [0.717, 1.165) is 17.6 Å². The average molecular weight is 411 g/mol. The Labute approximate surface area is 163 Å². The van der Waals surface area contributed by atoms with E-state index in [1.165, 1.54) is 12.1 Å². The van der Waals surface area contributed by atoms with Gasteiger partial charge in [0.15, 0.2) is 6.61 Å². The van der Waals surface area contributed by atoms with Crippen LogP contribution in [0.5, 0.6) is 5.75 Å². The highest BCUT2D eigenvalue weighted by atomic mass is 35.5. The van der Waals surface area contributed by atoms with Crippen LogP contribution in [0.25, 0.3) is 0 Å². The number of benzene rings is 1. The number of nitrogens with zero attached hydrogens (tertiary/aromatic N) is 2. The summed E-state index contributed by atoms with van der Waals surface area (Å²) in [5.41, 5.74) is 0.0592. The van der Waals surface area contributed by atoms with Gasteiger partial charge in [-0.15, -0.1) is 5.10 Å². The van der Waals surface area contributed by atoms with Gasteiger partial charge in [-0.2, -0.15) is 0 Å². The van der Waals surface area contributed by atoms with Crippen molar-refractivity contribution in [2.75, 3.05) is 6.61 Å². The average Bonchev–Trinajstić information content (AvgIpc) is 2.99. The molecule has 142 valence electrons. The lowest BCUT2D eigenvalue weighted by atomic mass is 9.44. The molecule has 3 fully saturated rings. The van der Waals surface area contributed by atoms with Gasteiger partial charge in [0.1, 0.15) is 16.4 Å². The third-order valence-corrected chi connectivity index (χ3v) is 6.07. The van der Waals surface area contributed by atoms with Crippen molar-refractivity contribution in [1.82, 2.24) is 20.2 Å². The van der Waals surface area contributed by atoms with Gasteiger partial charge in [-0.25, -0.2) is 4.39 Å². The first-order valence-electron chi connectivity index (χ1n) is 8.30. The van der Waals surface area contributed by atoms with Crippen molar-refractivity contribution in [3.05, 3.63) is 39.6 Å². The van der Waals surface area contributed by atoms with E-state index in [9.17, 15) is 14.0 Å². The highest BCUT2D eigenvalue weighted by molar-refractivity contribution is 7.08. The largest absolute Gasteiger partial charge is 0.484 e. The molecule has 3 aliphatic rings. The molecule has 0 unspecified atom stereocenters. The van der Waals surface area contributed by atoms with E-state index in [-0.39, 0.29) is 40.3 Å². The Bertz CT molecular complexity index is 915. The van der Waals surface area contributed by atoms with Crippen LogP contribution in [0.1, 0.15) is 34.6 Å². The Morgan fingerprint density at radius 1 is 1.30 bits per heavy atom. The van der Waals surface area contributed by atoms with E-state index in [2.05, 4.69) is 20.2 Å². The van der Waals surface area contributed by atoms with Gasteiger partial charge in [-0.3, -0.25) is 9.59 Å². The van der Waals surface area contributed by atoms with Crippen molar-refractivity contribution in [3.8, 4) is 5.75 Å². The van der Waals surface area contributed by atoms with E-state index in [1.807, 2.05) is 0 Å². The zero-order chi connectivity index (χ0) is 19.2. The fourth-order valence-corrected chi connectivity index (χ4v) is 4.51. The summed E-state index contributed by atoms with van der Waals surface area (Å²) in [7, 11) is 0. The lowest BCUT2D eigenvalue weighted by Crippen LogP contribution is -2.84. The molecule has 0 radical (unpaired) electrons. The van der Waals surface area contributed by atoms with Gasteiger partial charge in [0.2, 0.25) is 0 Å². The molecule has 5 rings (SSSR count). The maximum atomic E-state index is 13.4. The molecular formula is C17H16ClFN4O3S. The molecule has 7 nitrogen and oxygen atoms in total. The predicted octanol–water partition coefficient (Wildman–Crippen LogP) is 2.24. The van der Waals surface area contributed by atoms with E-state index in [4.69, 9.17) is 16.3 Å². The zero-order valence-corrected chi connectivity index (χ0v) is 15.9. The molecule has 10 heteroatoms. The van der Waals surface area contributed by atoms with Gasteiger partial charge in [0.05, 0.1) is 10.7 Å². The third kappa shape index (κ3) is 3.37. The Morgan fingerprint density at radius 2 is 2.00 bits per heavy atom. The molecule has 3 aliphatic carbocycles. The second-order valence-electron chi connectivity index (χ2n) is 7.15. The highest BCUT2D eigenvalue weighted by Gasteiger charge is 2.69. The molecule has 0 aliphatic heterocycles. The van der Waals surface area contributed by atoms with Gasteiger partial charge < -0.3 is 15.4 Å². The van der Waals surface area contributed by atoms with Gasteiger partial charge in [-0.05, 0) is 49.9 Å². The van der Waals surface area contributed by atoms with E-state index in [0.29, 0.717) is 29.8 Å². The first kappa shape index (κ1) is 18.1. The second-order valence-corrected chi connectivity index (χ2v) is 8.31. The molecule has 1 aromatic heterocycles. The van der Waals surface area contributed by atoms with Gasteiger partial charge in [-0.1, -0.05) is 16.1 Å². The van der Waals surface area contributed by atoms with Crippen molar-refractivity contribution < 1.29 is 18.7 Å². The van der Waals surface area contributed by atoms with E-state index < -0.39 is 5.82 Å². The smallest absolute Gasteiger partial charge is 0.265 e. The van der Waals surface area contributed by atoms with Crippen molar-refractivity contribution >= 4 is 34.9 Å². The quantitative estimate of drug-likeness (QED) is 0.761. The number of carbonyl (C=O) groups is 2. The molecule has 0 atom stereocenters. The predicted molar refractivity (Wildman–Crippen MR) is 96.5 cm³/mol. The first-order valence-corrected chi connectivity index (χ1v) is 9.45. The van der Waals surface area contributed by atoms with Crippen molar-refractivity contribution in [2.45, 2.75) is 37.3 Å². The number of aromatic nitrogens is 2. The number of hydrogen-bond acceptors (Lipinski definition) is 6. The fraction of sp³-hybridized carbons (Fsp3) is 0.412. The van der Waals surface area contributed by atoms with Crippen molar-refractivity contribution in [1.29, 1.82) is 0 Å². The van der Waals surface area contributed by atoms with Crippen molar-refractivity contribution in [2.24, 2.45) is 0 Å². The first-order chi connectivity index (χ1) is 12.8. The van der Waals surface area contributed by atoms with Crippen LogP contribution in [0.3, 0.4) is 0 Å². The standard InChI is InChI=1S/C17H16ClFN4O3S/c1-9-14(27-23-22-9)15(25)21-17-6-16(7-17,8-17)20-13(24)5-26-10-2-3-11(18)12(19)4-10/h2-4H,5-8H2,1H3,(H,20,24)(H,21,25). The molecule has 0 saturated heterocycles. The topological polar surface area (TPSA) is 93.2 Å². The van der Waals surface area contributed by atoms with Crippen LogP contribution in [0.2, 0.25) is 5.02 Å². The van der Waals surface area contributed by atoms with Crippen LogP contribution in [-0.4, -0.2) is 39.1 Å². The Hall–Kier alpha value is -2.26. The van der Waals surface area contributed by atoms with Gasteiger partial charge >= 0.3 is 0 Å². The summed E-state index contributed by atoms with van der Waals surface area (Å²) in [4.78, 5) is 24.9. The van der Waals surface area contributed by atoms with Crippen LogP contribution in [0.4, 0.5) is 4.39 Å². The number of nitrogens with one attached hydrogen (secondary N) is 2. The Balaban J connectivity index is 1.24. The van der Waals surface area contributed by atoms with E-state index >= 15 is 0 Å². The van der Waals surface area contributed by atoms with E-state index in [1.54, 1.807) is 6.92 Å². The highest BCUT2D eigenvalue weighted by Crippen LogP contribution is 2.60. The molecule has 2 aromatic rings. The van der Waals surface area contributed by atoms with Crippen LogP contribution >= 0.6 is 23.1 Å². The minimum Gasteiger partial charge on any atom is -0.484 e. The summed E-state index contributed by atoms with van der Waals surface area (Å²) in [6.07, 6.45) is 2.04. The zero-order valence-electron chi connectivity index (χ0n) is 14.3. The third-order valence-electron chi connectivity index (χ3n) is 4.93. The lowest BCUT2D eigenvalue weighted by Gasteiger charge is -2.70.